The van der Waals surface area contributed by atoms with Crippen molar-refractivity contribution in [2.75, 3.05) is 10.0 Å². The SMILES string of the molecule is O=C(Nc1ccccc1)c1[nH]c2ccccc2c1-c1ccccc1NS(=O)(=O)c1ccc(OC(F)(F)F)cc1. The number of para-hydroxylation sites is 3. The molecule has 4 aromatic carbocycles. The van der Waals surface area contributed by atoms with Crippen molar-refractivity contribution < 1.29 is 31.1 Å². The number of aromatic amines is 1. The van der Waals surface area contributed by atoms with E-state index in [0.29, 0.717) is 27.7 Å². The third kappa shape index (κ3) is 5.73. The second kappa shape index (κ2) is 10.2. The standard InChI is InChI=1S/C28H20F3N3O4S/c29-28(30,31)38-19-14-16-20(17-15-19)39(36,37)34-24-13-7-5-11-22(24)25-21-10-4-6-12-23(21)33-26(25)27(35)32-18-8-2-1-3-9-18/h1-17,33-34H,(H,32,35). The molecule has 5 rings (SSSR count). The molecule has 0 aliphatic heterocycles. The van der Waals surface area contributed by atoms with Gasteiger partial charge in [0.05, 0.1) is 10.6 Å². The average molecular weight is 552 g/mol. The fraction of sp³-hybridized carbons (Fsp3) is 0.0357. The van der Waals surface area contributed by atoms with Crippen molar-refractivity contribution in [2.45, 2.75) is 11.3 Å². The monoisotopic (exact) mass is 551 g/mol. The van der Waals surface area contributed by atoms with Crippen molar-refractivity contribution in [1.82, 2.24) is 4.98 Å². The fourth-order valence-electron chi connectivity index (χ4n) is 4.12. The molecule has 0 radical (unpaired) electrons. The minimum atomic E-state index is -4.90. The first-order valence-corrected chi connectivity index (χ1v) is 13.0. The minimum absolute atomic E-state index is 0.173. The first kappa shape index (κ1) is 25.9. The molecule has 1 aromatic heterocycles. The lowest BCUT2D eigenvalue weighted by Crippen LogP contribution is -2.17. The van der Waals surface area contributed by atoms with E-state index in [1.165, 1.54) is 6.07 Å². The van der Waals surface area contributed by atoms with Gasteiger partial charge in [0.25, 0.3) is 15.9 Å². The van der Waals surface area contributed by atoms with E-state index in [4.69, 9.17) is 0 Å². The maximum Gasteiger partial charge on any atom is 0.573 e. The van der Waals surface area contributed by atoms with E-state index >= 15 is 0 Å². The molecule has 0 bridgehead atoms. The number of H-pyrrole nitrogens is 1. The van der Waals surface area contributed by atoms with Gasteiger partial charge in [0, 0.05) is 27.7 Å². The van der Waals surface area contributed by atoms with Crippen molar-refractivity contribution in [1.29, 1.82) is 0 Å². The Labute approximate surface area is 221 Å². The van der Waals surface area contributed by atoms with E-state index in [2.05, 4.69) is 19.8 Å². The van der Waals surface area contributed by atoms with Crippen LogP contribution in [-0.4, -0.2) is 25.7 Å². The number of rotatable bonds is 7. The Balaban J connectivity index is 1.53. The van der Waals surface area contributed by atoms with Gasteiger partial charge in [-0.2, -0.15) is 0 Å². The highest BCUT2D eigenvalue weighted by atomic mass is 32.2. The van der Waals surface area contributed by atoms with E-state index in [9.17, 15) is 26.4 Å². The average Bonchev–Trinajstić information content (AvgIpc) is 3.28. The van der Waals surface area contributed by atoms with Gasteiger partial charge < -0.3 is 15.0 Å². The summed E-state index contributed by atoms with van der Waals surface area (Å²) < 4.78 is 70.1. The first-order chi connectivity index (χ1) is 18.6. The second-order valence-electron chi connectivity index (χ2n) is 8.41. The summed E-state index contributed by atoms with van der Waals surface area (Å²) in [6.45, 7) is 0. The molecule has 0 saturated carbocycles. The van der Waals surface area contributed by atoms with Crippen LogP contribution in [0.25, 0.3) is 22.0 Å². The van der Waals surface area contributed by atoms with Crippen LogP contribution < -0.4 is 14.8 Å². The van der Waals surface area contributed by atoms with Crippen LogP contribution in [0.15, 0.2) is 108 Å². The van der Waals surface area contributed by atoms with Gasteiger partial charge in [-0.1, -0.05) is 54.6 Å². The smallest absolute Gasteiger partial charge is 0.406 e. The van der Waals surface area contributed by atoms with Crippen LogP contribution in [-0.2, 0) is 10.0 Å². The van der Waals surface area contributed by atoms with Crippen LogP contribution in [0.1, 0.15) is 10.5 Å². The molecule has 0 fully saturated rings. The number of nitrogens with one attached hydrogen (secondary N) is 3. The maximum absolute atomic E-state index is 13.4. The summed E-state index contributed by atoms with van der Waals surface area (Å²) >= 11 is 0. The highest BCUT2D eigenvalue weighted by Crippen LogP contribution is 2.38. The Bertz CT molecular complexity index is 1750. The zero-order valence-electron chi connectivity index (χ0n) is 20.0. The van der Waals surface area contributed by atoms with Crippen LogP contribution in [0.3, 0.4) is 0 Å². The molecule has 0 spiro atoms. The number of alkyl halides is 3. The summed E-state index contributed by atoms with van der Waals surface area (Å²) in [4.78, 5) is 16.2. The molecule has 7 nitrogen and oxygen atoms in total. The van der Waals surface area contributed by atoms with E-state index in [-0.39, 0.29) is 16.3 Å². The fourth-order valence-corrected chi connectivity index (χ4v) is 5.20. The number of fused-ring (bicyclic) bond motifs is 1. The molecule has 0 atom stereocenters. The van der Waals surface area contributed by atoms with Crippen LogP contribution in [0.4, 0.5) is 24.5 Å². The van der Waals surface area contributed by atoms with Gasteiger partial charge in [0.15, 0.2) is 0 Å². The zero-order chi connectivity index (χ0) is 27.6. The molecule has 198 valence electrons. The largest absolute Gasteiger partial charge is 0.573 e. The number of aromatic nitrogens is 1. The lowest BCUT2D eigenvalue weighted by molar-refractivity contribution is -0.274. The van der Waals surface area contributed by atoms with E-state index in [0.717, 1.165) is 24.3 Å². The maximum atomic E-state index is 13.4. The lowest BCUT2D eigenvalue weighted by atomic mass is 10.00. The normalized spacial score (nSPS) is 11.8. The summed E-state index contributed by atoms with van der Waals surface area (Å²) in [6, 6.07) is 26.5. The third-order valence-corrected chi connectivity index (χ3v) is 7.15. The second-order valence-corrected chi connectivity index (χ2v) is 10.1. The quantitative estimate of drug-likeness (QED) is 0.207. The summed E-state index contributed by atoms with van der Waals surface area (Å²) in [5.41, 5.74) is 2.55. The van der Waals surface area contributed by atoms with Gasteiger partial charge in [-0.25, -0.2) is 8.42 Å². The molecular formula is C28H20F3N3O4S. The third-order valence-electron chi connectivity index (χ3n) is 5.77. The predicted molar refractivity (Wildman–Crippen MR) is 142 cm³/mol. The Morgan fingerprint density at radius 2 is 1.44 bits per heavy atom. The lowest BCUT2D eigenvalue weighted by Gasteiger charge is -2.14. The number of halogens is 3. The van der Waals surface area contributed by atoms with Crippen molar-refractivity contribution in [2.24, 2.45) is 0 Å². The van der Waals surface area contributed by atoms with E-state index in [1.807, 2.05) is 18.2 Å². The predicted octanol–water partition coefficient (Wildman–Crippen LogP) is 6.79. The van der Waals surface area contributed by atoms with E-state index < -0.39 is 28.0 Å². The van der Waals surface area contributed by atoms with Crippen molar-refractivity contribution in [3.63, 3.8) is 0 Å². The van der Waals surface area contributed by atoms with Crippen molar-refractivity contribution in [3.05, 3.63) is 109 Å². The van der Waals surface area contributed by atoms with Gasteiger partial charge in [0.1, 0.15) is 11.4 Å². The van der Waals surface area contributed by atoms with Crippen molar-refractivity contribution >= 4 is 38.2 Å². The van der Waals surface area contributed by atoms with Crippen LogP contribution in [0.2, 0.25) is 0 Å². The van der Waals surface area contributed by atoms with Crippen LogP contribution in [0, 0.1) is 0 Å². The molecule has 0 saturated heterocycles. The molecule has 0 aliphatic rings. The highest BCUT2D eigenvalue weighted by Gasteiger charge is 2.31. The Morgan fingerprint density at radius 1 is 0.795 bits per heavy atom. The number of sulfonamides is 1. The summed E-state index contributed by atoms with van der Waals surface area (Å²) in [5.74, 6) is -0.972. The zero-order valence-corrected chi connectivity index (χ0v) is 20.8. The summed E-state index contributed by atoms with van der Waals surface area (Å²) in [6.07, 6.45) is -4.90. The van der Waals surface area contributed by atoms with Crippen LogP contribution >= 0.6 is 0 Å². The molecular weight excluding hydrogens is 531 g/mol. The number of amides is 1. The minimum Gasteiger partial charge on any atom is -0.406 e. The van der Waals surface area contributed by atoms with Gasteiger partial charge in [-0.3, -0.25) is 9.52 Å². The summed E-state index contributed by atoms with van der Waals surface area (Å²) in [5, 5.41) is 3.53. The topological polar surface area (TPSA) is 100 Å². The van der Waals surface area contributed by atoms with Crippen LogP contribution in [0.5, 0.6) is 5.75 Å². The van der Waals surface area contributed by atoms with Gasteiger partial charge in [-0.15, -0.1) is 13.2 Å². The number of benzene rings is 4. The summed E-state index contributed by atoms with van der Waals surface area (Å²) in [7, 11) is -4.22. The number of ether oxygens (including phenoxy) is 1. The first-order valence-electron chi connectivity index (χ1n) is 11.6. The van der Waals surface area contributed by atoms with Gasteiger partial charge in [0.2, 0.25) is 0 Å². The van der Waals surface area contributed by atoms with E-state index in [1.54, 1.807) is 54.6 Å². The Hall–Kier alpha value is -4.77. The molecule has 1 heterocycles. The number of hydrogen-bond donors (Lipinski definition) is 3. The molecule has 0 unspecified atom stereocenters. The van der Waals surface area contributed by atoms with Crippen molar-refractivity contribution in [3.8, 4) is 16.9 Å². The number of hydrogen-bond acceptors (Lipinski definition) is 4. The molecule has 1 amide bonds. The molecule has 0 aliphatic carbocycles. The number of anilines is 2. The molecule has 39 heavy (non-hydrogen) atoms. The Kier molecular flexibility index (Phi) is 6.75. The van der Waals surface area contributed by atoms with Gasteiger partial charge >= 0.3 is 6.36 Å². The Morgan fingerprint density at radius 3 is 2.15 bits per heavy atom. The van der Waals surface area contributed by atoms with Gasteiger partial charge in [-0.05, 0) is 48.5 Å². The number of carbonyl (C=O) groups is 1. The molecule has 5 aromatic rings. The molecule has 3 N–H and O–H groups in total. The number of carbonyl (C=O) groups excluding carboxylic acids is 1. The molecule has 11 heteroatoms. The highest BCUT2D eigenvalue weighted by molar-refractivity contribution is 7.92.